The molecule has 1 N–H and O–H groups in total. The molecule has 1 aliphatic rings. The van der Waals surface area contributed by atoms with Gasteiger partial charge in [0.1, 0.15) is 0 Å². The van der Waals surface area contributed by atoms with E-state index in [0.717, 1.165) is 13.1 Å². The Morgan fingerprint density at radius 3 is 2.94 bits per heavy atom. The summed E-state index contributed by atoms with van der Waals surface area (Å²) in [5, 5.41) is 3.59. The molecule has 0 radical (unpaired) electrons. The average Bonchev–Trinajstić information content (AvgIpc) is 2.33. The summed E-state index contributed by atoms with van der Waals surface area (Å²) < 4.78 is 0. The summed E-state index contributed by atoms with van der Waals surface area (Å²) in [6, 6.07) is 5.18. The number of nitrogens with zero attached hydrogens (tertiary/aromatic N) is 2. The summed E-state index contributed by atoms with van der Waals surface area (Å²) in [4.78, 5) is 6.78. The molecule has 0 saturated carbocycles. The highest BCUT2D eigenvalue weighted by molar-refractivity contribution is 5.14. The van der Waals surface area contributed by atoms with E-state index in [1.54, 1.807) is 0 Å². The molecule has 1 fully saturated rings. The van der Waals surface area contributed by atoms with Crippen LogP contribution in [0, 0.1) is 0 Å². The maximum absolute atomic E-state index is 4.22. The van der Waals surface area contributed by atoms with Crippen molar-refractivity contribution in [2.24, 2.45) is 0 Å². The fraction of sp³-hybridized carbons (Fsp3) is 0.643. The molecule has 2 unspecified atom stereocenters. The van der Waals surface area contributed by atoms with E-state index < -0.39 is 0 Å². The lowest BCUT2D eigenvalue weighted by Crippen LogP contribution is -2.61. The van der Waals surface area contributed by atoms with Gasteiger partial charge in [0.25, 0.3) is 0 Å². The van der Waals surface area contributed by atoms with Crippen molar-refractivity contribution < 1.29 is 0 Å². The van der Waals surface area contributed by atoms with Crippen molar-refractivity contribution in [2.45, 2.75) is 45.3 Å². The van der Waals surface area contributed by atoms with Crippen molar-refractivity contribution in [3.05, 3.63) is 30.1 Å². The molecule has 2 atom stereocenters. The number of pyridine rings is 1. The largest absolute Gasteiger partial charge is 0.309 e. The third kappa shape index (κ3) is 2.85. The number of piperazine rings is 1. The van der Waals surface area contributed by atoms with Gasteiger partial charge in [-0.25, -0.2) is 0 Å². The lowest BCUT2D eigenvalue weighted by atomic mass is 9.96. The average molecular weight is 233 g/mol. The zero-order valence-corrected chi connectivity index (χ0v) is 11.3. The normalized spacial score (nSPS) is 26.7. The highest BCUT2D eigenvalue weighted by atomic mass is 15.3. The molecule has 1 saturated heterocycles. The first-order valence-corrected chi connectivity index (χ1v) is 6.40. The standard InChI is InChI=1S/C14H23N3/c1-11-8-16-14(3,4)10-17(11)12(2)13-6-5-7-15-9-13/h5-7,9,11-12,16H,8,10H2,1-4H3. The van der Waals surface area contributed by atoms with Crippen molar-refractivity contribution >= 4 is 0 Å². The Morgan fingerprint density at radius 2 is 2.29 bits per heavy atom. The predicted molar refractivity (Wildman–Crippen MR) is 70.9 cm³/mol. The van der Waals surface area contributed by atoms with Gasteiger partial charge in [0.05, 0.1) is 0 Å². The quantitative estimate of drug-likeness (QED) is 0.849. The third-order valence-electron chi connectivity index (χ3n) is 3.68. The molecule has 0 aliphatic carbocycles. The van der Waals surface area contributed by atoms with Gasteiger partial charge in [-0.05, 0) is 39.3 Å². The second-order valence-corrected chi connectivity index (χ2v) is 5.75. The van der Waals surface area contributed by atoms with Crippen LogP contribution in [0.5, 0.6) is 0 Å². The zero-order chi connectivity index (χ0) is 12.5. The van der Waals surface area contributed by atoms with Crippen LogP contribution in [0.25, 0.3) is 0 Å². The number of hydrogen-bond donors (Lipinski definition) is 1. The Bertz CT molecular complexity index is 361. The van der Waals surface area contributed by atoms with Crippen molar-refractivity contribution in [2.75, 3.05) is 13.1 Å². The summed E-state index contributed by atoms with van der Waals surface area (Å²) in [5.41, 5.74) is 1.50. The maximum Gasteiger partial charge on any atom is 0.0339 e. The molecule has 0 spiro atoms. The molecule has 2 heterocycles. The molecule has 1 aromatic heterocycles. The van der Waals surface area contributed by atoms with Crippen LogP contribution in [-0.4, -0.2) is 34.6 Å². The molecule has 17 heavy (non-hydrogen) atoms. The minimum Gasteiger partial charge on any atom is -0.309 e. The van der Waals surface area contributed by atoms with Crippen molar-refractivity contribution in [3.8, 4) is 0 Å². The Morgan fingerprint density at radius 1 is 1.53 bits per heavy atom. The summed E-state index contributed by atoms with van der Waals surface area (Å²) in [6.45, 7) is 11.2. The van der Waals surface area contributed by atoms with E-state index in [1.165, 1.54) is 5.56 Å². The highest BCUT2D eigenvalue weighted by Gasteiger charge is 2.33. The summed E-state index contributed by atoms with van der Waals surface area (Å²) in [6.07, 6.45) is 3.81. The van der Waals surface area contributed by atoms with Gasteiger partial charge in [-0.3, -0.25) is 9.88 Å². The van der Waals surface area contributed by atoms with E-state index in [9.17, 15) is 0 Å². The fourth-order valence-electron chi connectivity index (χ4n) is 2.54. The molecule has 3 heteroatoms. The molecular weight excluding hydrogens is 210 g/mol. The monoisotopic (exact) mass is 233 g/mol. The first-order chi connectivity index (χ1) is 7.99. The molecule has 3 nitrogen and oxygen atoms in total. The lowest BCUT2D eigenvalue weighted by Gasteiger charge is -2.46. The first-order valence-electron chi connectivity index (χ1n) is 6.40. The Balaban J connectivity index is 2.15. The topological polar surface area (TPSA) is 28.2 Å². The molecule has 0 bridgehead atoms. The summed E-state index contributed by atoms with van der Waals surface area (Å²) in [5.74, 6) is 0. The smallest absolute Gasteiger partial charge is 0.0339 e. The molecule has 1 aromatic rings. The van der Waals surface area contributed by atoms with Crippen LogP contribution in [0.4, 0.5) is 0 Å². The lowest BCUT2D eigenvalue weighted by molar-refractivity contribution is 0.0688. The van der Waals surface area contributed by atoms with Crippen LogP contribution < -0.4 is 5.32 Å². The fourth-order valence-corrected chi connectivity index (χ4v) is 2.54. The molecule has 2 rings (SSSR count). The van der Waals surface area contributed by atoms with Crippen LogP contribution in [0.1, 0.15) is 39.3 Å². The second-order valence-electron chi connectivity index (χ2n) is 5.75. The minimum absolute atomic E-state index is 0.197. The molecule has 94 valence electrons. The van der Waals surface area contributed by atoms with Gasteiger partial charge >= 0.3 is 0 Å². The molecule has 1 aliphatic heterocycles. The Labute approximate surface area is 104 Å². The Kier molecular flexibility index (Phi) is 3.50. The van der Waals surface area contributed by atoms with Crippen LogP contribution in [0.3, 0.4) is 0 Å². The van der Waals surface area contributed by atoms with E-state index in [0.29, 0.717) is 12.1 Å². The first kappa shape index (κ1) is 12.5. The number of aromatic nitrogens is 1. The SMILES string of the molecule is CC1CNC(C)(C)CN1C(C)c1cccnc1. The molecule has 0 amide bonds. The van der Waals surface area contributed by atoms with Crippen molar-refractivity contribution in [1.82, 2.24) is 15.2 Å². The van der Waals surface area contributed by atoms with Gasteiger partial charge in [-0.15, -0.1) is 0 Å². The molecule has 0 aromatic carbocycles. The van der Waals surface area contributed by atoms with Crippen molar-refractivity contribution in [1.29, 1.82) is 0 Å². The van der Waals surface area contributed by atoms with Crippen molar-refractivity contribution in [3.63, 3.8) is 0 Å². The van der Waals surface area contributed by atoms with Gasteiger partial charge < -0.3 is 5.32 Å². The van der Waals surface area contributed by atoms with Gasteiger partial charge in [0.2, 0.25) is 0 Å². The van der Waals surface area contributed by atoms with E-state index in [2.05, 4.69) is 49.0 Å². The van der Waals surface area contributed by atoms with Crippen LogP contribution in [0.15, 0.2) is 24.5 Å². The van der Waals surface area contributed by atoms with Gasteiger partial charge in [0, 0.05) is 43.1 Å². The number of hydrogen-bond acceptors (Lipinski definition) is 3. The Hall–Kier alpha value is -0.930. The summed E-state index contributed by atoms with van der Waals surface area (Å²) >= 11 is 0. The second kappa shape index (κ2) is 4.75. The van der Waals surface area contributed by atoms with E-state index in [-0.39, 0.29) is 5.54 Å². The number of rotatable bonds is 2. The zero-order valence-electron chi connectivity index (χ0n) is 11.3. The molecular formula is C14H23N3. The highest BCUT2D eigenvalue weighted by Crippen LogP contribution is 2.26. The van der Waals surface area contributed by atoms with Gasteiger partial charge in [-0.1, -0.05) is 6.07 Å². The van der Waals surface area contributed by atoms with E-state index in [4.69, 9.17) is 0 Å². The van der Waals surface area contributed by atoms with Gasteiger partial charge in [-0.2, -0.15) is 0 Å². The van der Waals surface area contributed by atoms with Crippen LogP contribution >= 0.6 is 0 Å². The number of nitrogens with one attached hydrogen (secondary N) is 1. The third-order valence-corrected chi connectivity index (χ3v) is 3.68. The summed E-state index contributed by atoms with van der Waals surface area (Å²) in [7, 11) is 0. The van der Waals surface area contributed by atoms with Crippen LogP contribution in [0.2, 0.25) is 0 Å². The van der Waals surface area contributed by atoms with E-state index >= 15 is 0 Å². The van der Waals surface area contributed by atoms with Crippen LogP contribution in [-0.2, 0) is 0 Å². The predicted octanol–water partition coefficient (Wildman–Crippen LogP) is 2.21. The minimum atomic E-state index is 0.197. The van der Waals surface area contributed by atoms with Gasteiger partial charge in [0.15, 0.2) is 0 Å². The van der Waals surface area contributed by atoms with E-state index in [1.807, 2.05) is 18.5 Å². The maximum atomic E-state index is 4.22.